The number of rotatable bonds is 7. The Kier molecular flexibility index (Phi) is 7.02. The molecular weight excluding hydrogens is 548 g/mol. The number of hydrogen-bond donors (Lipinski definition) is 1. The van der Waals surface area contributed by atoms with Crippen molar-refractivity contribution in [2.24, 2.45) is 12.5 Å². The van der Waals surface area contributed by atoms with Crippen LogP contribution in [0.1, 0.15) is 36.8 Å². The average Bonchev–Trinajstić information content (AvgIpc) is 3.72. The third-order valence-electron chi connectivity index (χ3n) is 7.80. The summed E-state index contributed by atoms with van der Waals surface area (Å²) in [5.41, 5.74) is 1.05. The minimum Gasteiger partial charge on any atom is -0.435 e. The van der Waals surface area contributed by atoms with Crippen LogP contribution in [0.3, 0.4) is 0 Å². The van der Waals surface area contributed by atoms with Gasteiger partial charge in [0.1, 0.15) is 23.2 Å². The molecule has 2 aromatic heterocycles. The van der Waals surface area contributed by atoms with Gasteiger partial charge in [0.25, 0.3) is 0 Å². The summed E-state index contributed by atoms with van der Waals surface area (Å²) in [6.45, 7) is 0.578. The SMILES string of the molecule is Cn1cnnc1-c1cc(F)ccc1-c1cccc(-c2nc3cc(CNCC4(C#N)CCCC4)cc(C(F)(F)F)c3o2)c1. The zero-order valence-corrected chi connectivity index (χ0v) is 22.7. The van der Waals surface area contributed by atoms with Crippen molar-refractivity contribution in [3.63, 3.8) is 0 Å². The Labute approximate surface area is 238 Å². The highest BCUT2D eigenvalue weighted by atomic mass is 19.4. The number of benzene rings is 3. The molecule has 3 aromatic carbocycles. The molecule has 0 bridgehead atoms. The second kappa shape index (κ2) is 10.7. The van der Waals surface area contributed by atoms with Crippen LogP contribution in [0.15, 0.2) is 65.3 Å². The molecule has 0 radical (unpaired) electrons. The highest BCUT2D eigenvalue weighted by Gasteiger charge is 2.36. The van der Waals surface area contributed by atoms with E-state index in [0.717, 1.165) is 31.7 Å². The molecule has 0 aliphatic heterocycles. The third kappa shape index (κ3) is 5.25. The van der Waals surface area contributed by atoms with Crippen LogP contribution in [-0.4, -0.2) is 26.3 Å². The number of halogens is 4. The van der Waals surface area contributed by atoms with E-state index in [1.165, 1.54) is 18.5 Å². The van der Waals surface area contributed by atoms with Crippen LogP contribution in [0.2, 0.25) is 0 Å². The number of hydrogen-bond acceptors (Lipinski definition) is 6. The lowest BCUT2D eigenvalue weighted by atomic mass is 9.88. The van der Waals surface area contributed by atoms with E-state index in [-0.39, 0.29) is 23.5 Å². The molecule has 1 aliphatic rings. The first-order chi connectivity index (χ1) is 20.2. The van der Waals surface area contributed by atoms with E-state index < -0.39 is 23.0 Å². The third-order valence-corrected chi connectivity index (χ3v) is 7.80. The molecule has 6 rings (SSSR count). The Morgan fingerprint density at radius 2 is 1.83 bits per heavy atom. The Morgan fingerprint density at radius 3 is 2.55 bits per heavy atom. The maximum Gasteiger partial charge on any atom is 0.420 e. The Bertz CT molecular complexity index is 1810. The van der Waals surface area contributed by atoms with Gasteiger partial charge in [-0.15, -0.1) is 10.2 Å². The Morgan fingerprint density at radius 1 is 1.05 bits per heavy atom. The summed E-state index contributed by atoms with van der Waals surface area (Å²) >= 11 is 0. The van der Waals surface area contributed by atoms with Crippen LogP contribution < -0.4 is 5.32 Å². The van der Waals surface area contributed by atoms with Crippen molar-refractivity contribution < 1.29 is 22.0 Å². The van der Waals surface area contributed by atoms with Gasteiger partial charge in [0.2, 0.25) is 5.89 Å². The second-order valence-electron chi connectivity index (χ2n) is 10.7. The van der Waals surface area contributed by atoms with Crippen molar-refractivity contribution in [1.82, 2.24) is 25.1 Å². The fraction of sp³-hybridized carbons (Fsp3) is 0.290. The number of aromatic nitrogens is 4. The summed E-state index contributed by atoms with van der Waals surface area (Å²) in [7, 11) is 1.75. The molecule has 0 amide bonds. The predicted octanol–water partition coefficient (Wildman–Crippen LogP) is 7.29. The van der Waals surface area contributed by atoms with Crippen molar-refractivity contribution in [2.75, 3.05) is 6.54 Å². The average molecular weight is 575 g/mol. The van der Waals surface area contributed by atoms with Crippen LogP contribution in [-0.2, 0) is 19.8 Å². The Hall–Kier alpha value is -4.56. The van der Waals surface area contributed by atoms with E-state index in [0.29, 0.717) is 40.2 Å². The molecule has 2 heterocycles. The molecule has 0 unspecified atom stereocenters. The molecule has 1 fully saturated rings. The first-order valence-electron chi connectivity index (χ1n) is 13.5. The molecule has 11 heteroatoms. The van der Waals surface area contributed by atoms with Crippen molar-refractivity contribution in [3.05, 3.63) is 77.9 Å². The van der Waals surface area contributed by atoms with Gasteiger partial charge in [-0.05, 0) is 65.9 Å². The summed E-state index contributed by atoms with van der Waals surface area (Å²) in [6.07, 6.45) is 0.374. The largest absolute Gasteiger partial charge is 0.435 e. The molecule has 0 spiro atoms. The van der Waals surface area contributed by atoms with E-state index in [9.17, 15) is 22.8 Å². The highest BCUT2D eigenvalue weighted by molar-refractivity contribution is 5.84. The first kappa shape index (κ1) is 27.6. The molecule has 1 N–H and O–H groups in total. The summed E-state index contributed by atoms with van der Waals surface area (Å²) in [6, 6.07) is 16.3. The zero-order chi connectivity index (χ0) is 29.5. The van der Waals surface area contributed by atoms with Gasteiger partial charge in [-0.25, -0.2) is 9.37 Å². The van der Waals surface area contributed by atoms with Gasteiger partial charge in [0, 0.05) is 31.3 Å². The van der Waals surface area contributed by atoms with Crippen molar-refractivity contribution >= 4 is 11.1 Å². The fourth-order valence-corrected chi connectivity index (χ4v) is 5.65. The van der Waals surface area contributed by atoms with Gasteiger partial charge in [0.05, 0.1) is 11.5 Å². The van der Waals surface area contributed by atoms with Gasteiger partial charge in [-0.3, -0.25) is 0 Å². The molecule has 42 heavy (non-hydrogen) atoms. The van der Waals surface area contributed by atoms with Crippen molar-refractivity contribution in [3.8, 4) is 40.0 Å². The maximum atomic E-state index is 14.2. The molecule has 1 saturated carbocycles. The standard InChI is InChI=1S/C31H26F4N6O/c1-41-18-38-40-28(41)24-14-22(32)7-8-23(24)20-5-4-6-21(13-20)29-39-26-12-19(11-25(27(26)42-29)31(33,34)35)15-37-17-30(16-36)9-2-3-10-30/h4-8,11-14,18,37H,2-3,9-10,15,17H2,1H3. The van der Waals surface area contributed by atoms with Gasteiger partial charge < -0.3 is 14.3 Å². The Balaban J connectivity index is 1.35. The van der Waals surface area contributed by atoms with Crippen LogP contribution >= 0.6 is 0 Å². The van der Waals surface area contributed by atoms with Gasteiger partial charge in [-0.1, -0.05) is 31.0 Å². The van der Waals surface area contributed by atoms with Gasteiger partial charge in [-0.2, -0.15) is 18.4 Å². The number of aryl methyl sites for hydroxylation is 1. The van der Waals surface area contributed by atoms with Gasteiger partial charge in [0.15, 0.2) is 11.4 Å². The summed E-state index contributed by atoms with van der Waals surface area (Å²) in [5.74, 6) is 0.0448. The molecule has 0 atom stereocenters. The number of nitriles is 1. The molecule has 5 aromatic rings. The lowest BCUT2D eigenvalue weighted by Crippen LogP contribution is -2.30. The summed E-state index contributed by atoms with van der Waals surface area (Å²) in [4.78, 5) is 4.44. The van der Waals surface area contributed by atoms with Crippen molar-refractivity contribution in [1.29, 1.82) is 5.26 Å². The number of nitrogens with one attached hydrogen (secondary N) is 1. The minimum absolute atomic E-state index is 0.0270. The lowest BCUT2D eigenvalue weighted by Gasteiger charge is -2.20. The fourth-order valence-electron chi connectivity index (χ4n) is 5.65. The predicted molar refractivity (Wildman–Crippen MR) is 148 cm³/mol. The van der Waals surface area contributed by atoms with Gasteiger partial charge >= 0.3 is 6.18 Å². The molecule has 7 nitrogen and oxygen atoms in total. The van der Waals surface area contributed by atoms with E-state index >= 15 is 0 Å². The quantitative estimate of drug-likeness (QED) is 0.205. The molecule has 214 valence electrons. The monoisotopic (exact) mass is 574 g/mol. The van der Waals surface area contributed by atoms with E-state index in [1.807, 2.05) is 6.07 Å². The van der Waals surface area contributed by atoms with E-state index in [4.69, 9.17) is 4.42 Å². The zero-order valence-electron chi connectivity index (χ0n) is 22.7. The normalized spacial score (nSPS) is 14.9. The number of oxazole rings is 1. The minimum atomic E-state index is -4.66. The lowest BCUT2D eigenvalue weighted by molar-refractivity contribution is -0.136. The molecule has 0 saturated heterocycles. The molecule has 1 aliphatic carbocycles. The maximum absolute atomic E-state index is 14.2. The topological polar surface area (TPSA) is 92.6 Å². The van der Waals surface area contributed by atoms with Crippen molar-refractivity contribution in [2.45, 2.75) is 38.4 Å². The summed E-state index contributed by atoms with van der Waals surface area (Å²) in [5, 5.41) is 20.8. The van der Waals surface area contributed by atoms with E-state index in [2.05, 4.69) is 26.6 Å². The molecular formula is C31H26F4N6O. The van der Waals surface area contributed by atoms with Crippen LogP contribution in [0.25, 0.3) is 45.1 Å². The number of fused-ring (bicyclic) bond motifs is 1. The van der Waals surface area contributed by atoms with Crippen LogP contribution in [0.4, 0.5) is 17.6 Å². The number of nitrogens with zero attached hydrogens (tertiary/aromatic N) is 5. The number of alkyl halides is 3. The first-order valence-corrected chi connectivity index (χ1v) is 13.5. The summed E-state index contributed by atoms with van der Waals surface area (Å²) < 4.78 is 64.0. The van der Waals surface area contributed by atoms with Crippen LogP contribution in [0.5, 0.6) is 0 Å². The van der Waals surface area contributed by atoms with E-state index in [1.54, 1.807) is 41.9 Å². The second-order valence-corrected chi connectivity index (χ2v) is 10.7. The highest BCUT2D eigenvalue weighted by Crippen LogP contribution is 2.40. The smallest absolute Gasteiger partial charge is 0.420 e. The van der Waals surface area contributed by atoms with Crippen LogP contribution in [0, 0.1) is 22.6 Å².